The maximum absolute atomic E-state index is 11.6. The quantitative estimate of drug-likeness (QED) is 0.826. The van der Waals surface area contributed by atoms with Crippen LogP contribution in [0.4, 0.5) is 0 Å². The van der Waals surface area contributed by atoms with Crippen molar-refractivity contribution in [1.29, 1.82) is 0 Å². The van der Waals surface area contributed by atoms with E-state index in [1.165, 1.54) is 5.56 Å². The van der Waals surface area contributed by atoms with Crippen LogP contribution in [0.5, 0.6) is 0 Å². The molecule has 0 aliphatic carbocycles. The zero-order chi connectivity index (χ0) is 14.7. The van der Waals surface area contributed by atoms with Gasteiger partial charge in [0.15, 0.2) is 0 Å². The van der Waals surface area contributed by atoms with Crippen LogP contribution in [0.3, 0.4) is 0 Å². The van der Waals surface area contributed by atoms with E-state index in [1.807, 2.05) is 24.5 Å². The molecule has 6 nitrogen and oxygen atoms in total. The summed E-state index contributed by atoms with van der Waals surface area (Å²) >= 11 is 0. The van der Waals surface area contributed by atoms with E-state index >= 15 is 0 Å². The van der Waals surface area contributed by atoms with Crippen LogP contribution >= 0.6 is 0 Å². The molecule has 1 aromatic rings. The number of nitrogens with one attached hydrogen (secondary N) is 1. The molecule has 114 valence electrons. The van der Waals surface area contributed by atoms with E-state index in [0.717, 1.165) is 26.2 Å². The number of pyridine rings is 1. The van der Waals surface area contributed by atoms with Crippen molar-refractivity contribution in [3.8, 4) is 0 Å². The van der Waals surface area contributed by atoms with Crippen LogP contribution < -0.4 is 5.32 Å². The zero-order valence-corrected chi connectivity index (χ0v) is 12.4. The number of aromatic nitrogens is 1. The van der Waals surface area contributed by atoms with E-state index < -0.39 is 0 Å². The number of hydrogen-bond donors (Lipinski definition) is 1. The highest BCUT2D eigenvalue weighted by Crippen LogP contribution is 2.23. The van der Waals surface area contributed by atoms with Gasteiger partial charge in [-0.1, -0.05) is 0 Å². The van der Waals surface area contributed by atoms with E-state index in [1.54, 1.807) is 7.05 Å². The van der Waals surface area contributed by atoms with Gasteiger partial charge in [0.2, 0.25) is 5.91 Å². The fourth-order valence-corrected chi connectivity index (χ4v) is 3.17. The van der Waals surface area contributed by atoms with Crippen LogP contribution in [-0.2, 0) is 16.1 Å². The van der Waals surface area contributed by atoms with Gasteiger partial charge < -0.3 is 10.1 Å². The SMILES string of the molecule is CNC(=O)CN1CCO[C@H]2CN(Cc3ccncc3)C[C@H]21. The van der Waals surface area contributed by atoms with Crippen LogP contribution in [0.2, 0.25) is 0 Å². The van der Waals surface area contributed by atoms with Gasteiger partial charge in [-0.2, -0.15) is 0 Å². The summed E-state index contributed by atoms with van der Waals surface area (Å²) in [5.74, 6) is 0.0724. The molecular formula is C15H22N4O2. The predicted molar refractivity (Wildman–Crippen MR) is 78.7 cm³/mol. The van der Waals surface area contributed by atoms with Gasteiger partial charge in [0.1, 0.15) is 0 Å². The summed E-state index contributed by atoms with van der Waals surface area (Å²) in [6, 6.07) is 4.41. The summed E-state index contributed by atoms with van der Waals surface area (Å²) in [6.45, 7) is 4.79. The molecule has 3 heterocycles. The molecule has 2 saturated heterocycles. The average molecular weight is 290 g/mol. The van der Waals surface area contributed by atoms with Gasteiger partial charge in [0, 0.05) is 45.6 Å². The van der Waals surface area contributed by atoms with Gasteiger partial charge in [0.05, 0.1) is 25.3 Å². The molecule has 0 aromatic carbocycles. The smallest absolute Gasteiger partial charge is 0.233 e. The Morgan fingerprint density at radius 3 is 3.00 bits per heavy atom. The standard InChI is InChI=1S/C15H22N4O2/c1-16-15(20)11-19-6-7-21-14-10-18(9-13(14)19)8-12-2-4-17-5-3-12/h2-5,13-14H,6-11H2,1H3,(H,16,20)/t13-,14+/m1/s1. The number of morpholine rings is 1. The monoisotopic (exact) mass is 290 g/mol. The van der Waals surface area contributed by atoms with Gasteiger partial charge in [-0.05, 0) is 17.7 Å². The Morgan fingerprint density at radius 2 is 2.24 bits per heavy atom. The van der Waals surface area contributed by atoms with Gasteiger partial charge >= 0.3 is 0 Å². The van der Waals surface area contributed by atoms with Crippen LogP contribution in [0.1, 0.15) is 5.56 Å². The van der Waals surface area contributed by atoms with Crippen molar-refractivity contribution in [2.75, 3.05) is 39.8 Å². The maximum Gasteiger partial charge on any atom is 0.233 e. The van der Waals surface area contributed by atoms with Gasteiger partial charge in [-0.25, -0.2) is 0 Å². The first-order chi connectivity index (χ1) is 10.3. The number of hydrogen-bond acceptors (Lipinski definition) is 5. The third-order valence-corrected chi connectivity index (χ3v) is 4.27. The van der Waals surface area contributed by atoms with Crippen molar-refractivity contribution in [3.05, 3.63) is 30.1 Å². The number of rotatable bonds is 4. The molecule has 1 N–H and O–H groups in total. The topological polar surface area (TPSA) is 57.7 Å². The fourth-order valence-electron chi connectivity index (χ4n) is 3.17. The zero-order valence-electron chi connectivity index (χ0n) is 12.4. The van der Waals surface area contributed by atoms with Crippen molar-refractivity contribution in [1.82, 2.24) is 20.1 Å². The normalized spacial score (nSPS) is 26.5. The number of carbonyl (C=O) groups excluding carboxylic acids is 1. The molecule has 6 heteroatoms. The summed E-state index contributed by atoms with van der Waals surface area (Å²) in [4.78, 5) is 20.3. The summed E-state index contributed by atoms with van der Waals surface area (Å²) < 4.78 is 5.89. The number of likely N-dealkylation sites (tertiary alicyclic amines) is 1. The lowest BCUT2D eigenvalue weighted by atomic mass is 10.1. The summed E-state index contributed by atoms with van der Waals surface area (Å²) in [5, 5.41) is 2.70. The van der Waals surface area contributed by atoms with E-state index in [-0.39, 0.29) is 12.0 Å². The maximum atomic E-state index is 11.6. The Bertz CT molecular complexity index is 482. The van der Waals surface area contributed by atoms with Gasteiger partial charge in [-0.15, -0.1) is 0 Å². The molecule has 2 fully saturated rings. The first kappa shape index (κ1) is 14.4. The highest BCUT2D eigenvalue weighted by atomic mass is 16.5. The molecule has 0 saturated carbocycles. The summed E-state index contributed by atoms with van der Waals surface area (Å²) in [7, 11) is 1.69. The molecule has 0 spiro atoms. The lowest BCUT2D eigenvalue weighted by Gasteiger charge is -2.36. The number of fused-ring (bicyclic) bond motifs is 1. The highest BCUT2D eigenvalue weighted by Gasteiger charge is 2.40. The van der Waals surface area contributed by atoms with Gasteiger partial charge in [-0.3, -0.25) is 19.6 Å². The van der Waals surface area contributed by atoms with E-state index in [9.17, 15) is 4.79 Å². The first-order valence-electron chi connectivity index (χ1n) is 7.44. The molecule has 3 rings (SSSR count). The Morgan fingerprint density at radius 1 is 1.43 bits per heavy atom. The van der Waals surface area contributed by atoms with Crippen molar-refractivity contribution >= 4 is 5.91 Å². The lowest BCUT2D eigenvalue weighted by molar-refractivity contribution is -0.125. The second kappa shape index (κ2) is 6.51. The number of carbonyl (C=O) groups is 1. The summed E-state index contributed by atoms with van der Waals surface area (Å²) in [5.41, 5.74) is 1.27. The van der Waals surface area contributed by atoms with Crippen LogP contribution in [-0.4, -0.2) is 72.7 Å². The highest BCUT2D eigenvalue weighted by molar-refractivity contribution is 5.77. The largest absolute Gasteiger partial charge is 0.374 e. The number of ether oxygens (including phenoxy) is 1. The van der Waals surface area contributed by atoms with E-state index in [2.05, 4.69) is 20.1 Å². The molecule has 2 aliphatic heterocycles. The van der Waals surface area contributed by atoms with Crippen LogP contribution in [0, 0.1) is 0 Å². The van der Waals surface area contributed by atoms with Crippen molar-refractivity contribution in [2.45, 2.75) is 18.7 Å². The molecular weight excluding hydrogens is 268 g/mol. The second-order valence-electron chi connectivity index (χ2n) is 5.67. The van der Waals surface area contributed by atoms with Gasteiger partial charge in [0.25, 0.3) is 0 Å². The molecule has 0 bridgehead atoms. The number of nitrogens with zero attached hydrogens (tertiary/aromatic N) is 3. The second-order valence-corrected chi connectivity index (χ2v) is 5.67. The third-order valence-electron chi connectivity index (χ3n) is 4.27. The lowest BCUT2D eigenvalue weighted by Crippen LogP contribution is -2.53. The molecule has 21 heavy (non-hydrogen) atoms. The Hall–Kier alpha value is -1.50. The first-order valence-corrected chi connectivity index (χ1v) is 7.44. The van der Waals surface area contributed by atoms with Crippen molar-refractivity contribution in [2.24, 2.45) is 0 Å². The minimum atomic E-state index is 0.0724. The molecule has 1 aromatic heterocycles. The van der Waals surface area contributed by atoms with Crippen molar-refractivity contribution < 1.29 is 9.53 Å². The molecule has 2 aliphatic rings. The Balaban J connectivity index is 1.61. The fraction of sp³-hybridized carbons (Fsp3) is 0.600. The van der Waals surface area contributed by atoms with E-state index in [0.29, 0.717) is 19.2 Å². The third kappa shape index (κ3) is 3.40. The predicted octanol–water partition coefficient (Wildman–Crippen LogP) is -0.287. The molecule has 0 unspecified atom stereocenters. The minimum Gasteiger partial charge on any atom is -0.374 e. The average Bonchev–Trinajstić information content (AvgIpc) is 2.91. The van der Waals surface area contributed by atoms with Crippen LogP contribution in [0.15, 0.2) is 24.5 Å². The van der Waals surface area contributed by atoms with Crippen LogP contribution in [0.25, 0.3) is 0 Å². The molecule has 0 radical (unpaired) electrons. The number of amides is 1. The Kier molecular flexibility index (Phi) is 4.48. The van der Waals surface area contributed by atoms with E-state index in [4.69, 9.17) is 4.74 Å². The van der Waals surface area contributed by atoms with Crippen molar-refractivity contribution in [3.63, 3.8) is 0 Å². The number of likely N-dealkylation sites (N-methyl/N-ethyl adjacent to an activating group) is 1. The minimum absolute atomic E-state index is 0.0724. The Labute approximate surface area is 125 Å². The molecule has 1 amide bonds. The molecule has 2 atom stereocenters. The summed E-state index contributed by atoms with van der Waals surface area (Å²) in [6.07, 6.45) is 3.87.